The third-order valence-electron chi connectivity index (χ3n) is 2.49. The summed E-state index contributed by atoms with van der Waals surface area (Å²) in [7, 11) is 0. The summed E-state index contributed by atoms with van der Waals surface area (Å²) in [6.45, 7) is 2.63. The van der Waals surface area contributed by atoms with Crippen molar-refractivity contribution in [3.05, 3.63) is 0 Å². The summed E-state index contributed by atoms with van der Waals surface area (Å²) in [6.07, 6.45) is -3.84. The van der Waals surface area contributed by atoms with Gasteiger partial charge in [-0.25, -0.2) is 0 Å². The zero-order valence-electron chi connectivity index (χ0n) is 8.54. The summed E-state index contributed by atoms with van der Waals surface area (Å²) >= 11 is 0. The maximum atomic E-state index is 10.8. The van der Waals surface area contributed by atoms with E-state index in [1.54, 1.807) is 0 Å². The quantitative estimate of drug-likeness (QED) is 0.305. The first-order valence-electron chi connectivity index (χ1n) is 4.56. The molecule has 1 aliphatic heterocycles. The number of aliphatic hydroxyl groups is 3. The van der Waals surface area contributed by atoms with E-state index < -0.39 is 36.2 Å². The summed E-state index contributed by atoms with van der Waals surface area (Å²) in [4.78, 5) is 10.8. The SMILES string of the molecule is CC(=O)N[C@H]1C(O)O[C@H](C)[C@](N)(O)[C@@H]1O. The monoisotopic (exact) mass is 220 g/mol. The molecule has 15 heavy (non-hydrogen) atoms. The number of hydrogen-bond donors (Lipinski definition) is 5. The van der Waals surface area contributed by atoms with Crippen molar-refractivity contribution in [2.24, 2.45) is 5.73 Å². The van der Waals surface area contributed by atoms with Crippen LogP contribution in [-0.4, -0.2) is 51.5 Å². The van der Waals surface area contributed by atoms with Gasteiger partial charge < -0.3 is 25.4 Å². The second-order valence-corrected chi connectivity index (χ2v) is 3.73. The Hall–Kier alpha value is -0.730. The van der Waals surface area contributed by atoms with Crippen LogP contribution in [0.1, 0.15) is 13.8 Å². The molecule has 1 unspecified atom stereocenters. The maximum Gasteiger partial charge on any atom is 0.217 e. The average Bonchev–Trinajstić information content (AvgIpc) is 2.10. The fourth-order valence-electron chi connectivity index (χ4n) is 1.47. The van der Waals surface area contributed by atoms with Crippen molar-refractivity contribution in [2.75, 3.05) is 0 Å². The topological polar surface area (TPSA) is 125 Å². The lowest BCUT2D eigenvalue weighted by atomic mass is 9.92. The summed E-state index contributed by atoms with van der Waals surface area (Å²) in [5, 5.41) is 31.0. The second kappa shape index (κ2) is 4.03. The molecule has 88 valence electrons. The van der Waals surface area contributed by atoms with Crippen LogP contribution >= 0.6 is 0 Å². The van der Waals surface area contributed by atoms with Crippen molar-refractivity contribution in [3.8, 4) is 0 Å². The van der Waals surface area contributed by atoms with E-state index in [4.69, 9.17) is 10.5 Å². The van der Waals surface area contributed by atoms with Gasteiger partial charge in [0.25, 0.3) is 0 Å². The van der Waals surface area contributed by atoms with Gasteiger partial charge in [-0.3, -0.25) is 10.5 Å². The molecule has 0 aromatic heterocycles. The molecule has 6 N–H and O–H groups in total. The Morgan fingerprint density at radius 2 is 2.07 bits per heavy atom. The minimum absolute atomic E-state index is 0.466. The molecule has 1 fully saturated rings. The van der Waals surface area contributed by atoms with Gasteiger partial charge in [0, 0.05) is 6.92 Å². The lowest BCUT2D eigenvalue weighted by molar-refractivity contribution is -0.280. The second-order valence-electron chi connectivity index (χ2n) is 3.73. The highest BCUT2D eigenvalue weighted by Crippen LogP contribution is 2.24. The molecule has 0 aromatic carbocycles. The smallest absolute Gasteiger partial charge is 0.217 e. The minimum Gasteiger partial charge on any atom is -0.386 e. The van der Waals surface area contributed by atoms with Crippen molar-refractivity contribution >= 4 is 5.91 Å². The number of nitrogens with one attached hydrogen (secondary N) is 1. The minimum atomic E-state index is -2.01. The first-order valence-corrected chi connectivity index (χ1v) is 4.56. The fourth-order valence-corrected chi connectivity index (χ4v) is 1.47. The van der Waals surface area contributed by atoms with Gasteiger partial charge in [-0.1, -0.05) is 0 Å². The van der Waals surface area contributed by atoms with E-state index in [-0.39, 0.29) is 0 Å². The predicted octanol–water partition coefficient (Wildman–Crippen LogP) is -2.76. The van der Waals surface area contributed by atoms with Crippen molar-refractivity contribution in [3.63, 3.8) is 0 Å². The zero-order chi connectivity index (χ0) is 11.8. The van der Waals surface area contributed by atoms with Gasteiger partial charge in [-0.2, -0.15) is 0 Å². The van der Waals surface area contributed by atoms with E-state index in [9.17, 15) is 20.1 Å². The molecule has 0 aliphatic carbocycles. The Labute approximate surface area is 86.8 Å². The molecule has 0 saturated carbocycles. The van der Waals surface area contributed by atoms with E-state index in [1.807, 2.05) is 0 Å². The van der Waals surface area contributed by atoms with Crippen LogP contribution in [0.2, 0.25) is 0 Å². The first kappa shape index (κ1) is 12.3. The van der Waals surface area contributed by atoms with Crippen LogP contribution in [0.15, 0.2) is 0 Å². The zero-order valence-corrected chi connectivity index (χ0v) is 8.54. The molecule has 7 heteroatoms. The van der Waals surface area contributed by atoms with Crippen LogP contribution < -0.4 is 11.1 Å². The maximum absolute atomic E-state index is 10.8. The van der Waals surface area contributed by atoms with E-state index in [2.05, 4.69) is 5.32 Å². The normalized spacial score (nSPS) is 46.3. The summed E-state index contributed by atoms with van der Waals surface area (Å²) in [5.41, 5.74) is 3.40. The Kier molecular flexibility index (Phi) is 3.31. The molecule has 1 saturated heterocycles. The lowest BCUT2D eigenvalue weighted by Crippen LogP contribution is -2.72. The van der Waals surface area contributed by atoms with Gasteiger partial charge in [0.1, 0.15) is 18.2 Å². The van der Waals surface area contributed by atoms with Crippen LogP contribution in [0.25, 0.3) is 0 Å². The van der Waals surface area contributed by atoms with Gasteiger partial charge in [0.15, 0.2) is 12.0 Å². The third kappa shape index (κ3) is 2.27. The van der Waals surface area contributed by atoms with Crippen LogP contribution in [0.5, 0.6) is 0 Å². The molecule has 0 radical (unpaired) electrons. The Balaban J connectivity index is 2.83. The molecule has 0 aromatic rings. The number of ether oxygens (including phenoxy) is 1. The van der Waals surface area contributed by atoms with Crippen LogP contribution in [0, 0.1) is 0 Å². The molecule has 1 amide bonds. The lowest BCUT2D eigenvalue weighted by Gasteiger charge is -2.45. The Morgan fingerprint density at radius 3 is 2.53 bits per heavy atom. The fraction of sp³-hybridized carbons (Fsp3) is 0.875. The number of nitrogens with two attached hydrogens (primary N) is 1. The van der Waals surface area contributed by atoms with E-state index >= 15 is 0 Å². The third-order valence-corrected chi connectivity index (χ3v) is 2.49. The van der Waals surface area contributed by atoms with Crippen molar-refractivity contribution in [1.29, 1.82) is 0 Å². The molecule has 0 bridgehead atoms. The molecule has 7 nitrogen and oxygen atoms in total. The van der Waals surface area contributed by atoms with Crippen LogP contribution in [-0.2, 0) is 9.53 Å². The van der Waals surface area contributed by atoms with Crippen LogP contribution in [0.3, 0.4) is 0 Å². The van der Waals surface area contributed by atoms with E-state index in [0.29, 0.717) is 0 Å². The summed E-state index contributed by atoms with van der Waals surface area (Å²) < 4.78 is 4.89. The Morgan fingerprint density at radius 1 is 1.53 bits per heavy atom. The Bertz CT molecular complexity index is 257. The molecule has 1 rings (SSSR count). The largest absolute Gasteiger partial charge is 0.386 e. The molecule has 1 aliphatic rings. The van der Waals surface area contributed by atoms with Gasteiger partial charge in [0.2, 0.25) is 5.91 Å². The standard InChI is InChI=1S/C8H16N2O5/c1-3-8(9,14)6(12)5(7(13)15-3)10-4(2)11/h3,5-7,12-14H,9H2,1-2H3,(H,10,11)/t3-,5-,6-,7?,8+/m1/s1. The molecule has 0 spiro atoms. The number of carbonyl (C=O) groups is 1. The van der Waals surface area contributed by atoms with Gasteiger partial charge >= 0.3 is 0 Å². The average molecular weight is 220 g/mol. The number of aliphatic hydroxyl groups excluding tert-OH is 2. The van der Waals surface area contributed by atoms with Crippen molar-refractivity contribution < 1.29 is 24.9 Å². The number of rotatable bonds is 1. The number of amides is 1. The van der Waals surface area contributed by atoms with Gasteiger partial charge in [-0.05, 0) is 6.92 Å². The van der Waals surface area contributed by atoms with E-state index in [1.165, 1.54) is 13.8 Å². The highest BCUT2D eigenvalue weighted by atomic mass is 16.6. The highest BCUT2D eigenvalue weighted by Gasteiger charge is 2.51. The van der Waals surface area contributed by atoms with Crippen LogP contribution in [0.4, 0.5) is 0 Å². The molecular weight excluding hydrogens is 204 g/mol. The molecule has 5 atom stereocenters. The van der Waals surface area contributed by atoms with Crippen molar-refractivity contribution in [2.45, 2.75) is 44.1 Å². The van der Waals surface area contributed by atoms with Gasteiger partial charge in [0.05, 0.1) is 0 Å². The molecule has 1 heterocycles. The predicted molar refractivity (Wildman–Crippen MR) is 49.3 cm³/mol. The molecular formula is C8H16N2O5. The number of carbonyl (C=O) groups excluding carboxylic acids is 1. The van der Waals surface area contributed by atoms with Crippen molar-refractivity contribution in [1.82, 2.24) is 5.32 Å². The van der Waals surface area contributed by atoms with Gasteiger partial charge in [-0.15, -0.1) is 0 Å². The first-order chi connectivity index (χ1) is 6.76. The van der Waals surface area contributed by atoms with E-state index in [0.717, 1.165) is 0 Å². The summed E-state index contributed by atoms with van der Waals surface area (Å²) in [6, 6.07) is -1.14. The highest BCUT2D eigenvalue weighted by molar-refractivity contribution is 5.73. The number of hydrogen-bond acceptors (Lipinski definition) is 6. The summed E-state index contributed by atoms with van der Waals surface area (Å²) in [5.74, 6) is -0.466.